The van der Waals surface area contributed by atoms with Crippen LogP contribution in [0.4, 0.5) is 0 Å². The highest BCUT2D eigenvalue weighted by molar-refractivity contribution is 6.31. The summed E-state index contributed by atoms with van der Waals surface area (Å²) in [4.78, 5) is 0. The second kappa shape index (κ2) is 4.30. The molecule has 0 saturated heterocycles. The molecular weight excluding hydrogens is 198 g/mol. The van der Waals surface area contributed by atoms with E-state index in [2.05, 4.69) is 0 Å². The van der Waals surface area contributed by atoms with E-state index in [0.717, 1.165) is 11.1 Å². The number of nitrogens with two attached hydrogens (primary N) is 1. The van der Waals surface area contributed by atoms with E-state index in [0.29, 0.717) is 11.6 Å². The molecule has 1 aromatic carbocycles. The number of hydrogen-bond donors (Lipinski definition) is 1. The van der Waals surface area contributed by atoms with Crippen LogP contribution in [0.1, 0.15) is 18.1 Å². The van der Waals surface area contributed by atoms with Gasteiger partial charge < -0.3 is 10.5 Å². The lowest BCUT2D eigenvalue weighted by Crippen LogP contribution is -2.34. The van der Waals surface area contributed by atoms with Crippen LogP contribution in [0.15, 0.2) is 18.2 Å². The molecule has 1 aromatic rings. The van der Waals surface area contributed by atoms with Crippen LogP contribution in [0, 0.1) is 6.92 Å². The van der Waals surface area contributed by atoms with E-state index in [1.165, 1.54) is 0 Å². The van der Waals surface area contributed by atoms with E-state index in [-0.39, 0.29) is 0 Å². The van der Waals surface area contributed by atoms with Crippen molar-refractivity contribution in [3.63, 3.8) is 0 Å². The van der Waals surface area contributed by atoms with Gasteiger partial charge in [-0.1, -0.05) is 29.3 Å². The van der Waals surface area contributed by atoms with E-state index >= 15 is 0 Å². The van der Waals surface area contributed by atoms with Crippen molar-refractivity contribution in [1.82, 2.24) is 0 Å². The zero-order chi connectivity index (χ0) is 10.8. The zero-order valence-corrected chi connectivity index (χ0v) is 9.56. The van der Waals surface area contributed by atoms with Crippen molar-refractivity contribution in [2.45, 2.75) is 19.4 Å². The second-order valence-corrected chi connectivity index (χ2v) is 4.03. The van der Waals surface area contributed by atoms with Crippen molar-refractivity contribution in [3.8, 4) is 0 Å². The average Bonchev–Trinajstić information content (AvgIpc) is 2.20. The van der Waals surface area contributed by atoms with Gasteiger partial charge in [-0.2, -0.15) is 0 Å². The number of methoxy groups -OCH3 is 1. The minimum atomic E-state index is -0.497. The van der Waals surface area contributed by atoms with Gasteiger partial charge >= 0.3 is 0 Å². The minimum Gasteiger partial charge on any atom is -0.372 e. The lowest BCUT2D eigenvalue weighted by atomic mass is 9.94. The van der Waals surface area contributed by atoms with Crippen LogP contribution >= 0.6 is 11.6 Å². The molecule has 0 saturated carbocycles. The van der Waals surface area contributed by atoms with Gasteiger partial charge in [0.05, 0.1) is 0 Å². The van der Waals surface area contributed by atoms with E-state index in [1.54, 1.807) is 7.11 Å². The van der Waals surface area contributed by atoms with Gasteiger partial charge in [-0.3, -0.25) is 0 Å². The molecule has 0 bridgehead atoms. The lowest BCUT2D eigenvalue weighted by Gasteiger charge is -2.28. The standard InChI is InChI=1S/C11H16ClNO/c1-8-4-5-10(12)9(6-8)11(2,7-13)14-3/h4-6H,7,13H2,1-3H3. The Bertz CT molecular complexity index is 321. The van der Waals surface area contributed by atoms with Crippen LogP contribution < -0.4 is 5.73 Å². The number of aryl methyl sites for hydroxylation is 1. The minimum absolute atomic E-state index is 0.409. The molecule has 2 nitrogen and oxygen atoms in total. The van der Waals surface area contributed by atoms with E-state index in [9.17, 15) is 0 Å². The molecule has 0 radical (unpaired) electrons. The summed E-state index contributed by atoms with van der Waals surface area (Å²) in [6, 6.07) is 5.86. The van der Waals surface area contributed by atoms with Crippen molar-refractivity contribution >= 4 is 11.6 Å². The molecule has 0 amide bonds. The summed E-state index contributed by atoms with van der Waals surface area (Å²) < 4.78 is 5.40. The zero-order valence-electron chi connectivity index (χ0n) is 8.80. The Labute approximate surface area is 90.0 Å². The Morgan fingerprint density at radius 2 is 2.14 bits per heavy atom. The molecule has 1 atom stereocenters. The molecule has 0 heterocycles. The van der Waals surface area contributed by atoms with Crippen molar-refractivity contribution in [2.24, 2.45) is 5.73 Å². The monoisotopic (exact) mass is 213 g/mol. The fourth-order valence-electron chi connectivity index (χ4n) is 1.35. The Kier molecular flexibility index (Phi) is 3.53. The van der Waals surface area contributed by atoms with Gasteiger partial charge in [-0.05, 0) is 19.9 Å². The largest absolute Gasteiger partial charge is 0.372 e. The van der Waals surface area contributed by atoms with Gasteiger partial charge in [0, 0.05) is 24.2 Å². The highest BCUT2D eigenvalue weighted by Gasteiger charge is 2.26. The number of rotatable bonds is 3. The van der Waals surface area contributed by atoms with Crippen molar-refractivity contribution in [1.29, 1.82) is 0 Å². The molecule has 78 valence electrons. The highest BCUT2D eigenvalue weighted by atomic mass is 35.5. The Morgan fingerprint density at radius 3 is 2.64 bits per heavy atom. The number of benzene rings is 1. The fourth-order valence-corrected chi connectivity index (χ4v) is 1.67. The van der Waals surface area contributed by atoms with E-state index in [4.69, 9.17) is 22.1 Å². The molecular formula is C11H16ClNO. The van der Waals surface area contributed by atoms with Gasteiger partial charge in [-0.25, -0.2) is 0 Å². The Hall–Kier alpha value is -0.570. The fraction of sp³-hybridized carbons (Fsp3) is 0.455. The average molecular weight is 214 g/mol. The van der Waals surface area contributed by atoms with Crippen molar-refractivity contribution in [3.05, 3.63) is 34.3 Å². The number of ether oxygens (including phenoxy) is 1. The smallest absolute Gasteiger partial charge is 0.104 e. The molecule has 3 heteroatoms. The summed E-state index contributed by atoms with van der Waals surface area (Å²) in [5.41, 5.74) is 7.29. The molecule has 0 aromatic heterocycles. The van der Waals surface area contributed by atoms with Crippen LogP contribution in [0.5, 0.6) is 0 Å². The summed E-state index contributed by atoms with van der Waals surface area (Å²) in [6.45, 7) is 4.37. The van der Waals surface area contributed by atoms with Crippen LogP contribution in [0.25, 0.3) is 0 Å². The third-order valence-electron chi connectivity index (χ3n) is 2.53. The molecule has 1 rings (SSSR count). The second-order valence-electron chi connectivity index (χ2n) is 3.62. The predicted molar refractivity (Wildman–Crippen MR) is 59.6 cm³/mol. The summed E-state index contributed by atoms with van der Waals surface area (Å²) in [5, 5.41) is 0.699. The van der Waals surface area contributed by atoms with Crippen LogP contribution in [0.2, 0.25) is 5.02 Å². The van der Waals surface area contributed by atoms with Gasteiger partial charge in [-0.15, -0.1) is 0 Å². The third-order valence-corrected chi connectivity index (χ3v) is 2.86. The summed E-state index contributed by atoms with van der Waals surface area (Å²) in [6.07, 6.45) is 0. The Morgan fingerprint density at radius 1 is 1.50 bits per heavy atom. The molecule has 2 N–H and O–H groups in total. The van der Waals surface area contributed by atoms with E-state index in [1.807, 2.05) is 32.0 Å². The molecule has 1 unspecified atom stereocenters. The number of hydrogen-bond acceptors (Lipinski definition) is 2. The van der Waals surface area contributed by atoms with Gasteiger partial charge in [0.25, 0.3) is 0 Å². The summed E-state index contributed by atoms with van der Waals surface area (Å²) >= 11 is 6.10. The van der Waals surface area contributed by atoms with Crippen molar-refractivity contribution in [2.75, 3.05) is 13.7 Å². The molecule has 0 aliphatic carbocycles. The van der Waals surface area contributed by atoms with Crippen LogP contribution in [-0.4, -0.2) is 13.7 Å². The first-order valence-electron chi connectivity index (χ1n) is 4.55. The SMILES string of the molecule is COC(C)(CN)c1cc(C)ccc1Cl. The maximum atomic E-state index is 6.10. The maximum Gasteiger partial charge on any atom is 0.104 e. The molecule has 0 fully saturated rings. The van der Waals surface area contributed by atoms with Gasteiger partial charge in [0.1, 0.15) is 5.60 Å². The van der Waals surface area contributed by atoms with Crippen LogP contribution in [0.3, 0.4) is 0 Å². The summed E-state index contributed by atoms with van der Waals surface area (Å²) in [7, 11) is 1.64. The third kappa shape index (κ3) is 2.08. The molecule has 0 spiro atoms. The normalized spacial score (nSPS) is 15.2. The van der Waals surface area contributed by atoms with Gasteiger partial charge in [0.15, 0.2) is 0 Å². The van der Waals surface area contributed by atoms with Gasteiger partial charge in [0.2, 0.25) is 0 Å². The first-order valence-corrected chi connectivity index (χ1v) is 4.93. The Balaban J connectivity index is 3.22. The highest BCUT2D eigenvalue weighted by Crippen LogP contribution is 2.30. The summed E-state index contributed by atoms with van der Waals surface area (Å²) in [5.74, 6) is 0. The van der Waals surface area contributed by atoms with Crippen LogP contribution in [-0.2, 0) is 10.3 Å². The first kappa shape index (κ1) is 11.5. The molecule has 0 aliphatic rings. The molecule has 0 aliphatic heterocycles. The molecule has 14 heavy (non-hydrogen) atoms. The topological polar surface area (TPSA) is 35.2 Å². The maximum absolute atomic E-state index is 6.10. The number of halogens is 1. The van der Waals surface area contributed by atoms with E-state index < -0.39 is 5.60 Å². The first-order chi connectivity index (χ1) is 6.53. The quantitative estimate of drug-likeness (QED) is 0.837. The lowest BCUT2D eigenvalue weighted by molar-refractivity contribution is 0.0101. The predicted octanol–water partition coefficient (Wildman–Crippen LogP) is 2.47. The van der Waals surface area contributed by atoms with Crippen molar-refractivity contribution < 1.29 is 4.74 Å².